The SMILES string of the molecule is CN(Cc1nnc(-c2ccccc2)o1)C(=O)CCc1n[nH]c2c1CCCC2. The number of aromatic nitrogens is 4. The van der Waals surface area contributed by atoms with Crippen molar-refractivity contribution >= 4 is 5.91 Å². The summed E-state index contributed by atoms with van der Waals surface area (Å²) in [5.74, 6) is 0.943. The van der Waals surface area contributed by atoms with E-state index < -0.39 is 0 Å². The van der Waals surface area contributed by atoms with Crippen LogP contribution in [0.4, 0.5) is 0 Å². The van der Waals surface area contributed by atoms with Crippen LogP contribution in [0.3, 0.4) is 0 Å². The van der Waals surface area contributed by atoms with Gasteiger partial charge in [0.1, 0.15) is 0 Å². The second-order valence-electron chi connectivity index (χ2n) is 6.95. The zero-order valence-corrected chi connectivity index (χ0v) is 15.4. The molecule has 0 unspecified atom stereocenters. The van der Waals surface area contributed by atoms with E-state index in [0.717, 1.165) is 24.1 Å². The summed E-state index contributed by atoms with van der Waals surface area (Å²) in [7, 11) is 1.76. The van der Waals surface area contributed by atoms with Crippen LogP contribution in [0, 0.1) is 0 Å². The molecule has 0 aliphatic heterocycles. The fourth-order valence-electron chi connectivity index (χ4n) is 3.48. The highest BCUT2D eigenvalue weighted by molar-refractivity contribution is 5.76. The molecular weight excluding hydrogens is 342 g/mol. The van der Waals surface area contributed by atoms with Crippen LogP contribution in [0.15, 0.2) is 34.7 Å². The summed E-state index contributed by atoms with van der Waals surface area (Å²) in [5.41, 5.74) is 4.47. The average Bonchev–Trinajstić information content (AvgIpc) is 3.34. The maximum Gasteiger partial charge on any atom is 0.247 e. The molecule has 4 rings (SSSR count). The standard InChI is InChI=1S/C20H23N5O2/c1-25(13-18-23-24-20(27-18)14-7-3-2-4-8-14)19(26)12-11-17-15-9-5-6-10-16(15)21-22-17/h2-4,7-8H,5-6,9-13H2,1H3,(H,21,22). The van der Waals surface area contributed by atoms with Crippen molar-refractivity contribution in [3.8, 4) is 11.5 Å². The van der Waals surface area contributed by atoms with E-state index in [1.807, 2.05) is 30.3 Å². The summed E-state index contributed by atoms with van der Waals surface area (Å²) in [4.78, 5) is 14.1. The Labute approximate surface area is 157 Å². The van der Waals surface area contributed by atoms with Crippen LogP contribution in [0.1, 0.15) is 42.1 Å². The quantitative estimate of drug-likeness (QED) is 0.726. The summed E-state index contributed by atoms with van der Waals surface area (Å²) >= 11 is 0. The van der Waals surface area contributed by atoms with Gasteiger partial charge in [-0.1, -0.05) is 18.2 Å². The first-order valence-electron chi connectivity index (χ1n) is 9.37. The van der Waals surface area contributed by atoms with Gasteiger partial charge in [-0.15, -0.1) is 10.2 Å². The largest absolute Gasteiger partial charge is 0.419 e. The molecule has 0 bridgehead atoms. The van der Waals surface area contributed by atoms with Gasteiger partial charge in [0, 0.05) is 31.1 Å². The van der Waals surface area contributed by atoms with Crippen LogP contribution in [-0.4, -0.2) is 38.2 Å². The number of nitrogens with zero attached hydrogens (tertiary/aromatic N) is 4. The van der Waals surface area contributed by atoms with Crippen molar-refractivity contribution in [2.45, 2.75) is 45.1 Å². The average molecular weight is 365 g/mol. The molecule has 7 heteroatoms. The molecule has 0 atom stereocenters. The summed E-state index contributed by atoms with van der Waals surface area (Å²) in [6, 6.07) is 9.60. The van der Waals surface area contributed by atoms with Crippen LogP contribution in [0.5, 0.6) is 0 Å². The molecule has 1 aliphatic carbocycles. The van der Waals surface area contributed by atoms with Gasteiger partial charge in [0.25, 0.3) is 0 Å². The summed E-state index contributed by atoms with van der Waals surface area (Å²) in [5, 5.41) is 15.7. The topological polar surface area (TPSA) is 87.9 Å². The Kier molecular flexibility index (Phi) is 5.00. The predicted molar refractivity (Wildman–Crippen MR) is 99.8 cm³/mol. The van der Waals surface area contributed by atoms with Crippen LogP contribution < -0.4 is 0 Å². The highest BCUT2D eigenvalue weighted by Gasteiger charge is 2.19. The third-order valence-corrected chi connectivity index (χ3v) is 5.00. The van der Waals surface area contributed by atoms with Crippen molar-refractivity contribution in [1.82, 2.24) is 25.3 Å². The molecule has 0 spiro atoms. The van der Waals surface area contributed by atoms with E-state index in [0.29, 0.717) is 31.2 Å². The number of benzene rings is 1. The lowest BCUT2D eigenvalue weighted by molar-refractivity contribution is -0.130. The Morgan fingerprint density at radius 2 is 2.00 bits per heavy atom. The van der Waals surface area contributed by atoms with Crippen molar-refractivity contribution < 1.29 is 9.21 Å². The van der Waals surface area contributed by atoms with Gasteiger partial charge in [-0.25, -0.2) is 0 Å². The fraction of sp³-hybridized carbons (Fsp3) is 0.400. The second kappa shape index (κ2) is 7.73. The van der Waals surface area contributed by atoms with E-state index >= 15 is 0 Å². The molecule has 0 saturated heterocycles. The van der Waals surface area contributed by atoms with Crippen molar-refractivity contribution in [1.29, 1.82) is 0 Å². The van der Waals surface area contributed by atoms with Crippen LogP contribution in [0.2, 0.25) is 0 Å². The van der Waals surface area contributed by atoms with E-state index in [9.17, 15) is 4.79 Å². The van der Waals surface area contributed by atoms with Gasteiger partial charge in [-0.2, -0.15) is 5.10 Å². The maximum atomic E-state index is 12.5. The highest BCUT2D eigenvalue weighted by atomic mass is 16.4. The minimum Gasteiger partial charge on any atom is -0.419 e. The minimum atomic E-state index is 0.0435. The van der Waals surface area contributed by atoms with Gasteiger partial charge < -0.3 is 9.32 Å². The third-order valence-electron chi connectivity index (χ3n) is 5.00. The molecule has 2 aromatic heterocycles. The Bertz CT molecular complexity index is 916. The number of carbonyl (C=O) groups excluding carboxylic acids is 1. The molecule has 1 amide bonds. The molecule has 1 aliphatic rings. The predicted octanol–water partition coefficient (Wildman–Crippen LogP) is 2.93. The van der Waals surface area contributed by atoms with E-state index in [2.05, 4.69) is 20.4 Å². The Hall–Kier alpha value is -2.96. The number of amides is 1. The van der Waals surface area contributed by atoms with Crippen molar-refractivity contribution in [2.24, 2.45) is 0 Å². The molecule has 2 heterocycles. The molecule has 0 saturated carbocycles. The smallest absolute Gasteiger partial charge is 0.247 e. The van der Waals surface area contributed by atoms with Crippen molar-refractivity contribution in [3.63, 3.8) is 0 Å². The molecule has 140 valence electrons. The first-order chi connectivity index (χ1) is 13.2. The normalized spacial score (nSPS) is 13.4. The number of carbonyl (C=O) groups is 1. The number of H-pyrrole nitrogens is 1. The lowest BCUT2D eigenvalue weighted by Gasteiger charge is -2.15. The zero-order chi connectivity index (χ0) is 18.6. The van der Waals surface area contributed by atoms with E-state index in [1.165, 1.54) is 24.1 Å². The van der Waals surface area contributed by atoms with Gasteiger partial charge in [0.2, 0.25) is 17.7 Å². The van der Waals surface area contributed by atoms with Gasteiger partial charge >= 0.3 is 0 Å². The summed E-state index contributed by atoms with van der Waals surface area (Å²) in [6.07, 6.45) is 5.63. The second-order valence-corrected chi connectivity index (χ2v) is 6.95. The molecule has 0 fully saturated rings. The lowest BCUT2D eigenvalue weighted by Crippen LogP contribution is -2.26. The Morgan fingerprint density at radius 1 is 1.19 bits per heavy atom. The molecule has 1 N–H and O–H groups in total. The molecule has 27 heavy (non-hydrogen) atoms. The van der Waals surface area contributed by atoms with Crippen LogP contribution in [-0.2, 0) is 30.6 Å². The summed E-state index contributed by atoms with van der Waals surface area (Å²) in [6.45, 7) is 0.303. The number of hydrogen-bond donors (Lipinski definition) is 1. The Morgan fingerprint density at radius 3 is 2.85 bits per heavy atom. The van der Waals surface area contributed by atoms with E-state index in [4.69, 9.17) is 4.42 Å². The number of aryl methyl sites for hydroxylation is 2. The maximum absolute atomic E-state index is 12.5. The lowest BCUT2D eigenvalue weighted by atomic mass is 9.94. The molecule has 3 aromatic rings. The molecule has 1 aromatic carbocycles. The van der Waals surface area contributed by atoms with E-state index in [1.54, 1.807) is 11.9 Å². The van der Waals surface area contributed by atoms with Crippen molar-refractivity contribution in [2.75, 3.05) is 7.05 Å². The number of aromatic amines is 1. The van der Waals surface area contributed by atoms with Crippen LogP contribution >= 0.6 is 0 Å². The fourth-order valence-corrected chi connectivity index (χ4v) is 3.48. The molecule has 7 nitrogen and oxygen atoms in total. The highest BCUT2D eigenvalue weighted by Crippen LogP contribution is 2.23. The zero-order valence-electron chi connectivity index (χ0n) is 15.4. The van der Waals surface area contributed by atoms with Crippen molar-refractivity contribution in [3.05, 3.63) is 53.2 Å². The molecular formula is C20H23N5O2. The Balaban J connectivity index is 1.33. The van der Waals surface area contributed by atoms with E-state index in [-0.39, 0.29) is 5.91 Å². The van der Waals surface area contributed by atoms with Gasteiger partial charge in [0.15, 0.2) is 0 Å². The number of fused-ring (bicyclic) bond motifs is 1. The first kappa shape index (κ1) is 17.5. The monoisotopic (exact) mass is 365 g/mol. The van der Waals surface area contributed by atoms with Gasteiger partial charge in [-0.05, 0) is 43.4 Å². The number of hydrogen-bond acceptors (Lipinski definition) is 5. The number of rotatable bonds is 6. The van der Waals surface area contributed by atoms with Gasteiger partial charge in [-0.3, -0.25) is 9.89 Å². The third kappa shape index (κ3) is 3.92. The van der Waals surface area contributed by atoms with Gasteiger partial charge in [0.05, 0.1) is 12.2 Å². The number of nitrogens with one attached hydrogen (secondary N) is 1. The minimum absolute atomic E-state index is 0.0435. The van der Waals surface area contributed by atoms with Crippen LogP contribution in [0.25, 0.3) is 11.5 Å². The first-order valence-corrected chi connectivity index (χ1v) is 9.37. The molecule has 0 radical (unpaired) electrons. The summed E-state index contributed by atoms with van der Waals surface area (Å²) < 4.78 is 5.68.